The Morgan fingerprint density at radius 3 is 2.57 bits per heavy atom. The second-order valence-corrected chi connectivity index (χ2v) is 6.30. The van der Waals surface area contributed by atoms with Gasteiger partial charge in [-0.15, -0.1) is 0 Å². The summed E-state index contributed by atoms with van der Waals surface area (Å²) >= 11 is 11.8. The topological polar surface area (TPSA) is 61.7 Å². The lowest BCUT2D eigenvalue weighted by Gasteiger charge is -2.20. The Balaban J connectivity index is 2.34. The van der Waals surface area contributed by atoms with E-state index >= 15 is 0 Å². The molecular formula is C15H23Cl2NO3. The molecule has 0 bridgehead atoms. The zero-order valence-corrected chi connectivity index (χ0v) is 13.9. The standard InChI is InChI=1S/C15H23Cl2NO3/c1-10(2)5-12(8-19)18-7-13(20)9-21-15-4-3-11(16)6-14(15)17/h3-4,6,10,12-13,18-20H,5,7-9H2,1-2H3. The van der Waals surface area contributed by atoms with Gasteiger partial charge >= 0.3 is 0 Å². The normalized spacial score (nSPS) is 14.2. The van der Waals surface area contributed by atoms with Crippen LogP contribution in [-0.4, -0.2) is 42.1 Å². The molecule has 0 aliphatic heterocycles. The van der Waals surface area contributed by atoms with Crippen LogP contribution in [0.15, 0.2) is 18.2 Å². The summed E-state index contributed by atoms with van der Waals surface area (Å²) in [7, 11) is 0. The van der Waals surface area contributed by atoms with E-state index in [0.717, 1.165) is 6.42 Å². The number of ether oxygens (including phenoxy) is 1. The third kappa shape index (κ3) is 7.34. The minimum absolute atomic E-state index is 0.0150. The van der Waals surface area contributed by atoms with E-state index in [-0.39, 0.29) is 19.3 Å². The third-order valence-corrected chi connectivity index (χ3v) is 3.47. The van der Waals surface area contributed by atoms with Crippen LogP contribution in [0.4, 0.5) is 0 Å². The van der Waals surface area contributed by atoms with E-state index in [2.05, 4.69) is 19.2 Å². The van der Waals surface area contributed by atoms with Crippen molar-refractivity contribution in [3.8, 4) is 5.75 Å². The van der Waals surface area contributed by atoms with Crippen molar-refractivity contribution in [3.63, 3.8) is 0 Å². The molecule has 2 atom stereocenters. The van der Waals surface area contributed by atoms with Crippen LogP contribution >= 0.6 is 23.2 Å². The number of benzene rings is 1. The number of hydrogen-bond donors (Lipinski definition) is 3. The average Bonchev–Trinajstić information content (AvgIpc) is 2.42. The van der Waals surface area contributed by atoms with Gasteiger partial charge in [0.25, 0.3) is 0 Å². The lowest BCUT2D eigenvalue weighted by molar-refractivity contribution is 0.0982. The van der Waals surface area contributed by atoms with Gasteiger partial charge in [0.1, 0.15) is 18.5 Å². The molecule has 6 heteroatoms. The van der Waals surface area contributed by atoms with E-state index in [0.29, 0.717) is 28.3 Å². The van der Waals surface area contributed by atoms with Crippen LogP contribution in [0.1, 0.15) is 20.3 Å². The van der Waals surface area contributed by atoms with Crippen LogP contribution in [-0.2, 0) is 0 Å². The predicted molar refractivity (Wildman–Crippen MR) is 86.3 cm³/mol. The van der Waals surface area contributed by atoms with E-state index < -0.39 is 6.10 Å². The second kappa shape index (κ2) is 9.49. The quantitative estimate of drug-likeness (QED) is 0.649. The third-order valence-electron chi connectivity index (χ3n) is 2.94. The van der Waals surface area contributed by atoms with Crippen molar-refractivity contribution in [3.05, 3.63) is 28.2 Å². The van der Waals surface area contributed by atoms with E-state index in [1.807, 2.05) is 0 Å². The van der Waals surface area contributed by atoms with Gasteiger partial charge in [-0.3, -0.25) is 0 Å². The monoisotopic (exact) mass is 335 g/mol. The van der Waals surface area contributed by atoms with Crippen molar-refractivity contribution in [1.82, 2.24) is 5.32 Å². The molecule has 0 aliphatic rings. The maximum Gasteiger partial charge on any atom is 0.138 e. The van der Waals surface area contributed by atoms with Crippen LogP contribution in [0, 0.1) is 5.92 Å². The summed E-state index contributed by atoms with van der Waals surface area (Å²) in [6.45, 7) is 4.70. The van der Waals surface area contributed by atoms with Crippen molar-refractivity contribution in [1.29, 1.82) is 0 Å². The van der Waals surface area contributed by atoms with E-state index in [4.69, 9.17) is 27.9 Å². The summed E-state index contributed by atoms with van der Waals surface area (Å²) in [6.07, 6.45) is 0.172. The van der Waals surface area contributed by atoms with Gasteiger partial charge in [-0.2, -0.15) is 0 Å². The number of halogens is 2. The van der Waals surface area contributed by atoms with Crippen molar-refractivity contribution < 1.29 is 14.9 Å². The summed E-state index contributed by atoms with van der Waals surface area (Å²) < 4.78 is 5.46. The highest BCUT2D eigenvalue weighted by atomic mass is 35.5. The molecule has 1 aromatic carbocycles. The highest BCUT2D eigenvalue weighted by molar-refractivity contribution is 6.35. The van der Waals surface area contributed by atoms with Gasteiger partial charge < -0.3 is 20.3 Å². The lowest BCUT2D eigenvalue weighted by Crippen LogP contribution is -2.40. The molecule has 21 heavy (non-hydrogen) atoms. The minimum Gasteiger partial charge on any atom is -0.489 e. The fraction of sp³-hybridized carbons (Fsp3) is 0.600. The molecule has 0 aliphatic carbocycles. The second-order valence-electron chi connectivity index (χ2n) is 5.46. The highest BCUT2D eigenvalue weighted by Crippen LogP contribution is 2.27. The molecule has 0 heterocycles. The number of aliphatic hydroxyl groups is 2. The number of rotatable bonds is 9. The smallest absolute Gasteiger partial charge is 0.138 e. The largest absolute Gasteiger partial charge is 0.489 e. The van der Waals surface area contributed by atoms with Crippen molar-refractivity contribution in [2.24, 2.45) is 5.92 Å². The Morgan fingerprint density at radius 2 is 2.00 bits per heavy atom. The Bertz CT molecular complexity index is 429. The van der Waals surface area contributed by atoms with Gasteiger partial charge in [-0.05, 0) is 30.5 Å². The molecule has 2 unspecified atom stereocenters. The Labute approximate surface area is 136 Å². The van der Waals surface area contributed by atoms with Gasteiger partial charge in [0.15, 0.2) is 0 Å². The molecule has 1 aromatic rings. The van der Waals surface area contributed by atoms with Crippen LogP contribution in [0.2, 0.25) is 10.0 Å². The fourth-order valence-electron chi connectivity index (χ4n) is 1.93. The Hall–Kier alpha value is -0.520. The first-order chi connectivity index (χ1) is 9.92. The van der Waals surface area contributed by atoms with Gasteiger partial charge in [0.05, 0.1) is 11.6 Å². The predicted octanol–water partition coefficient (Wildman–Crippen LogP) is 2.73. The van der Waals surface area contributed by atoms with Crippen molar-refractivity contribution in [2.45, 2.75) is 32.4 Å². The summed E-state index contributed by atoms with van der Waals surface area (Å²) in [4.78, 5) is 0. The summed E-state index contributed by atoms with van der Waals surface area (Å²) in [5.74, 6) is 0.969. The molecule has 0 radical (unpaired) electrons. The summed E-state index contributed by atoms with van der Waals surface area (Å²) in [5, 5.41) is 23.2. The highest BCUT2D eigenvalue weighted by Gasteiger charge is 2.13. The SMILES string of the molecule is CC(C)CC(CO)NCC(O)COc1ccc(Cl)cc1Cl. The van der Waals surface area contributed by atoms with Crippen molar-refractivity contribution >= 4 is 23.2 Å². The molecule has 1 rings (SSSR count). The maximum atomic E-state index is 9.90. The minimum atomic E-state index is -0.682. The van der Waals surface area contributed by atoms with Crippen molar-refractivity contribution in [2.75, 3.05) is 19.8 Å². The Morgan fingerprint density at radius 1 is 1.29 bits per heavy atom. The van der Waals surface area contributed by atoms with Crippen LogP contribution in [0.3, 0.4) is 0 Å². The van der Waals surface area contributed by atoms with Crippen LogP contribution in [0.25, 0.3) is 0 Å². The molecule has 3 N–H and O–H groups in total. The molecule has 0 saturated carbocycles. The molecule has 0 saturated heterocycles. The molecule has 0 fully saturated rings. The van der Waals surface area contributed by atoms with E-state index in [1.165, 1.54) is 0 Å². The average molecular weight is 336 g/mol. The number of aliphatic hydroxyl groups excluding tert-OH is 2. The molecule has 0 spiro atoms. The molecule has 120 valence electrons. The van der Waals surface area contributed by atoms with E-state index in [9.17, 15) is 10.2 Å². The maximum absolute atomic E-state index is 9.90. The molecule has 0 aromatic heterocycles. The summed E-state index contributed by atoms with van der Waals surface area (Å²) in [5.41, 5.74) is 0. The molecule has 0 amide bonds. The Kier molecular flexibility index (Phi) is 8.37. The summed E-state index contributed by atoms with van der Waals surface area (Å²) in [6, 6.07) is 4.92. The zero-order chi connectivity index (χ0) is 15.8. The van der Waals surface area contributed by atoms with Gasteiger partial charge in [-0.1, -0.05) is 37.0 Å². The first-order valence-corrected chi connectivity index (χ1v) is 7.78. The molecule has 4 nitrogen and oxygen atoms in total. The van der Waals surface area contributed by atoms with Crippen LogP contribution in [0.5, 0.6) is 5.75 Å². The van der Waals surface area contributed by atoms with Gasteiger partial charge in [-0.25, -0.2) is 0 Å². The number of hydrogen-bond acceptors (Lipinski definition) is 4. The first kappa shape index (κ1) is 18.5. The molecular weight excluding hydrogens is 313 g/mol. The van der Waals surface area contributed by atoms with Crippen LogP contribution < -0.4 is 10.1 Å². The van der Waals surface area contributed by atoms with Gasteiger partial charge in [0, 0.05) is 17.6 Å². The first-order valence-electron chi connectivity index (χ1n) is 7.02. The zero-order valence-electron chi connectivity index (χ0n) is 12.4. The lowest BCUT2D eigenvalue weighted by atomic mass is 10.0. The van der Waals surface area contributed by atoms with Gasteiger partial charge in [0.2, 0.25) is 0 Å². The fourth-order valence-corrected chi connectivity index (χ4v) is 2.39. The van der Waals surface area contributed by atoms with E-state index in [1.54, 1.807) is 18.2 Å². The number of nitrogens with one attached hydrogen (secondary N) is 1.